The molecule has 0 saturated heterocycles. The highest BCUT2D eigenvalue weighted by Gasteiger charge is 2.18. The zero-order valence-electron chi connectivity index (χ0n) is 8.90. The number of fused-ring (bicyclic) bond motifs is 1. The maximum absolute atomic E-state index is 9.69. The summed E-state index contributed by atoms with van der Waals surface area (Å²) in [7, 11) is 1.88. The van der Waals surface area contributed by atoms with E-state index in [0.29, 0.717) is 0 Å². The van der Waals surface area contributed by atoms with E-state index in [1.807, 2.05) is 26.1 Å². The van der Waals surface area contributed by atoms with Gasteiger partial charge in [0.2, 0.25) is 0 Å². The van der Waals surface area contributed by atoms with Crippen LogP contribution in [0.4, 0.5) is 0 Å². The molecule has 2 nitrogen and oxygen atoms in total. The average Bonchev–Trinajstić information content (AvgIpc) is 2.63. The Morgan fingerprint density at radius 1 is 1.33 bits per heavy atom. The normalized spacial score (nSPS) is 15.4. The first kappa shape index (κ1) is 10.6. The maximum atomic E-state index is 9.69. The molecule has 1 aromatic carbocycles. The van der Waals surface area contributed by atoms with Gasteiger partial charge < -0.3 is 10.4 Å². The molecule has 2 aromatic rings. The summed E-state index contributed by atoms with van der Waals surface area (Å²) >= 11 is 1.72. The molecule has 0 aliphatic heterocycles. The summed E-state index contributed by atoms with van der Waals surface area (Å²) in [5.41, 5.74) is 1.19. The lowest BCUT2D eigenvalue weighted by molar-refractivity contribution is 0.151. The number of hydrogen-bond acceptors (Lipinski definition) is 3. The van der Waals surface area contributed by atoms with Gasteiger partial charge in [-0.05, 0) is 36.4 Å². The van der Waals surface area contributed by atoms with Crippen LogP contribution in [0.3, 0.4) is 0 Å². The summed E-state index contributed by atoms with van der Waals surface area (Å²) in [4.78, 5) is 0. The molecular weight excluding hydrogens is 206 g/mol. The van der Waals surface area contributed by atoms with Gasteiger partial charge in [-0.15, -0.1) is 11.3 Å². The van der Waals surface area contributed by atoms with Gasteiger partial charge in [0.05, 0.1) is 12.1 Å². The van der Waals surface area contributed by atoms with E-state index in [1.54, 1.807) is 11.3 Å². The van der Waals surface area contributed by atoms with Crippen LogP contribution in [-0.2, 0) is 0 Å². The monoisotopic (exact) mass is 221 g/mol. The van der Waals surface area contributed by atoms with Crippen molar-refractivity contribution in [2.24, 2.45) is 0 Å². The lowest BCUT2D eigenvalue weighted by atomic mass is 10.0. The maximum Gasteiger partial charge on any atom is 0.0707 e. The molecule has 0 aliphatic rings. The van der Waals surface area contributed by atoms with Gasteiger partial charge in [-0.25, -0.2) is 0 Å². The highest BCUT2D eigenvalue weighted by molar-refractivity contribution is 7.17. The SMILES string of the molecule is CNC(c1csc2ccccc12)C(C)O. The third-order valence-corrected chi connectivity index (χ3v) is 3.62. The van der Waals surface area contributed by atoms with E-state index >= 15 is 0 Å². The lowest BCUT2D eigenvalue weighted by Crippen LogP contribution is -2.26. The Balaban J connectivity index is 2.51. The van der Waals surface area contributed by atoms with E-state index in [9.17, 15) is 5.11 Å². The second kappa shape index (κ2) is 4.31. The van der Waals surface area contributed by atoms with Crippen LogP contribution >= 0.6 is 11.3 Å². The molecule has 0 amide bonds. The lowest BCUT2D eigenvalue weighted by Gasteiger charge is -2.18. The molecule has 0 bridgehead atoms. The summed E-state index contributed by atoms with van der Waals surface area (Å²) in [6.45, 7) is 1.81. The molecule has 0 radical (unpaired) electrons. The fourth-order valence-corrected chi connectivity index (χ4v) is 2.89. The van der Waals surface area contributed by atoms with Crippen molar-refractivity contribution in [3.63, 3.8) is 0 Å². The first-order valence-electron chi connectivity index (χ1n) is 5.05. The van der Waals surface area contributed by atoms with E-state index in [1.165, 1.54) is 15.6 Å². The Labute approximate surface area is 93.6 Å². The molecule has 0 spiro atoms. The van der Waals surface area contributed by atoms with Crippen molar-refractivity contribution in [3.8, 4) is 0 Å². The second-order valence-corrected chi connectivity index (χ2v) is 4.61. The molecule has 1 aromatic heterocycles. The molecule has 3 heteroatoms. The van der Waals surface area contributed by atoms with Crippen molar-refractivity contribution in [3.05, 3.63) is 35.2 Å². The minimum atomic E-state index is -0.381. The number of rotatable bonds is 3. The molecular formula is C12H15NOS. The minimum absolute atomic E-state index is 0.0150. The van der Waals surface area contributed by atoms with Gasteiger partial charge in [0.1, 0.15) is 0 Å². The number of nitrogens with one attached hydrogen (secondary N) is 1. The minimum Gasteiger partial charge on any atom is -0.391 e. The summed E-state index contributed by atoms with van der Waals surface area (Å²) in [5.74, 6) is 0. The van der Waals surface area contributed by atoms with Crippen molar-refractivity contribution in [2.45, 2.75) is 19.1 Å². The smallest absolute Gasteiger partial charge is 0.0707 e. The molecule has 0 saturated carbocycles. The number of hydrogen-bond donors (Lipinski definition) is 2. The van der Waals surface area contributed by atoms with Crippen LogP contribution in [0.5, 0.6) is 0 Å². The number of likely N-dealkylation sites (N-methyl/N-ethyl adjacent to an activating group) is 1. The van der Waals surface area contributed by atoms with Crippen molar-refractivity contribution in [1.29, 1.82) is 0 Å². The Kier molecular flexibility index (Phi) is 3.05. The number of aliphatic hydroxyl groups excluding tert-OH is 1. The Morgan fingerprint density at radius 2 is 2.07 bits per heavy atom. The molecule has 2 rings (SSSR count). The zero-order chi connectivity index (χ0) is 10.8. The first-order chi connectivity index (χ1) is 7.24. The molecule has 80 valence electrons. The predicted molar refractivity (Wildman–Crippen MR) is 65.3 cm³/mol. The van der Waals surface area contributed by atoms with E-state index < -0.39 is 0 Å². The number of thiophene rings is 1. The van der Waals surface area contributed by atoms with E-state index in [-0.39, 0.29) is 12.1 Å². The summed E-state index contributed by atoms with van der Waals surface area (Å²) in [5, 5.41) is 16.2. The van der Waals surface area contributed by atoms with Gasteiger partial charge in [0, 0.05) is 4.70 Å². The van der Waals surface area contributed by atoms with Crippen molar-refractivity contribution < 1.29 is 5.11 Å². The molecule has 15 heavy (non-hydrogen) atoms. The molecule has 2 atom stereocenters. The molecule has 0 aliphatic carbocycles. The molecule has 2 unspecified atom stereocenters. The first-order valence-corrected chi connectivity index (χ1v) is 5.93. The van der Waals surface area contributed by atoms with E-state index in [2.05, 4.69) is 22.8 Å². The highest BCUT2D eigenvalue weighted by Crippen LogP contribution is 2.31. The van der Waals surface area contributed by atoms with Crippen molar-refractivity contribution >= 4 is 21.4 Å². The summed E-state index contributed by atoms with van der Waals surface area (Å²) < 4.78 is 1.27. The predicted octanol–water partition coefficient (Wildman–Crippen LogP) is 2.54. The fourth-order valence-electron chi connectivity index (χ4n) is 1.90. The standard InChI is InChI=1S/C12H15NOS/c1-8(14)12(13-2)10-7-15-11-6-4-3-5-9(10)11/h3-8,12-14H,1-2H3. The van der Waals surface area contributed by atoms with E-state index in [4.69, 9.17) is 0 Å². The Hall–Kier alpha value is -0.900. The summed E-state index contributed by atoms with van der Waals surface area (Å²) in [6.07, 6.45) is -0.381. The van der Waals surface area contributed by atoms with Crippen LogP contribution < -0.4 is 5.32 Å². The second-order valence-electron chi connectivity index (χ2n) is 3.69. The molecule has 2 N–H and O–H groups in total. The Morgan fingerprint density at radius 3 is 2.73 bits per heavy atom. The summed E-state index contributed by atoms with van der Waals surface area (Å²) in [6, 6.07) is 8.31. The average molecular weight is 221 g/mol. The van der Waals surface area contributed by atoms with Gasteiger partial charge >= 0.3 is 0 Å². The van der Waals surface area contributed by atoms with Gasteiger partial charge in [-0.2, -0.15) is 0 Å². The van der Waals surface area contributed by atoms with Gasteiger partial charge in [-0.1, -0.05) is 18.2 Å². The van der Waals surface area contributed by atoms with Crippen molar-refractivity contribution in [1.82, 2.24) is 5.32 Å². The van der Waals surface area contributed by atoms with Crippen LogP contribution in [-0.4, -0.2) is 18.3 Å². The molecule has 1 heterocycles. The highest BCUT2D eigenvalue weighted by atomic mass is 32.1. The van der Waals surface area contributed by atoms with Crippen LogP contribution in [0.1, 0.15) is 18.5 Å². The van der Waals surface area contributed by atoms with Crippen molar-refractivity contribution in [2.75, 3.05) is 7.05 Å². The topological polar surface area (TPSA) is 32.3 Å². The van der Waals surface area contributed by atoms with Crippen LogP contribution in [0.2, 0.25) is 0 Å². The van der Waals surface area contributed by atoms with Gasteiger partial charge in [0.25, 0.3) is 0 Å². The van der Waals surface area contributed by atoms with Crippen LogP contribution in [0.15, 0.2) is 29.6 Å². The number of benzene rings is 1. The fraction of sp³-hybridized carbons (Fsp3) is 0.333. The van der Waals surface area contributed by atoms with Crippen LogP contribution in [0.25, 0.3) is 10.1 Å². The third-order valence-electron chi connectivity index (χ3n) is 2.64. The largest absolute Gasteiger partial charge is 0.391 e. The van der Waals surface area contributed by atoms with Gasteiger partial charge in [0.15, 0.2) is 0 Å². The Bertz CT molecular complexity index is 450. The van der Waals surface area contributed by atoms with Gasteiger partial charge in [-0.3, -0.25) is 0 Å². The van der Waals surface area contributed by atoms with Crippen LogP contribution in [0, 0.1) is 0 Å². The zero-order valence-corrected chi connectivity index (χ0v) is 9.71. The third kappa shape index (κ3) is 1.91. The van der Waals surface area contributed by atoms with E-state index in [0.717, 1.165) is 0 Å². The number of aliphatic hydroxyl groups is 1. The molecule has 0 fully saturated rings. The quantitative estimate of drug-likeness (QED) is 0.835.